The number of nitrogens with zero attached hydrogens (tertiary/aromatic N) is 1. The van der Waals surface area contributed by atoms with Crippen molar-refractivity contribution in [2.75, 3.05) is 12.4 Å². The van der Waals surface area contributed by atoms with Gasteiger partial charge in [-0.2, -0.15) is 0 Å². The number of nitro benzene ring substituents is 1. The molecule has 0 aliphatic heterocycles. The zero-order valence-corrected chi connectivity index (χ0v) is 11.1. The summed E-state index contributed by atoms with van der Waals surface area (Å²) < 4.78 is 23.4. The molecule has 0 saturated heterocycles. The molecule has 2 N–H and O–H groups in total. The van der Waals surface area contributed by atoms with Crippen LogP contribution in [-0.2, 0) is 9.84 Å². The second kappa shape index (κ2) is 6.09. The fraction of sp³-hybridized carbons (Fsp3) is 0.455. The molecule has 0 aliphatic carbocycles. The lowest BCUT2D eigenvalue weighted by atomic mass is 10.1. The molecule has 8 heteroatoms. The molecule has 1 rings (SSSR count). The molecule has 19 heavy (non-hydrogen) atoms. The molecule has 2 atom stereocenters. The monoisotopic (exact) mass is 289 g/mol. The van der Waals surface area contributed by atoms with Gasteiger partial charge in [0.2, 0.25) is 0 Å². The fourth-order valence-corrected chi connectivity index (χ4v) is 2.84. The Balaban J connectivity index is 3.04. The minimum absolute atomic E-state index is 0.158. The lowest BCUT2D eigenvalue weighted by Gasteiger charge is -2.20. The number of aliphatic hydroxyl groups excluding tert-OH is 2. The molecule has 1 aromatic rings. The maximum atomic E-state index is 11.7. The van der Waals surface area contributed by atoms with Crippen LogP contribution in [0.2, 0.25) is 0 Å². The van der Waals surface area contributed by atoms with E-state index in [9.17, 15) is 23.6 Å². The largest absolute Gasteiger partial charge is 0.395 e. The SMILES string of the molecule is CCS(=O)(=O)[C@H](CO)[C@H](O)c1ccc([N+](=O)[O-])cc1. The van der Waals surface area contributed by atoms with E-state index >= 15 is 0 Å². The van der Waals surface area contributed by atoms with E-state index in [0.717, 1.165) is 0 Å². The van der Waals surface area contributed by atoms with Crippen LogP contribution in [0.25, 0.3) is 0 Å². The zero-order chi connectivity index (χ0) is 14.6. The summed E-state index contributed by atoms with van der Waals surface area (Å²) in [5, 5.41) is 28.2. The predicted molar refractivity (Wildman–Crippen MR) is 68.4 cm³/mol. The lowest BCUT2D eigenvalue weighted by molar-refractivity contribution is -0.384. The third-order valence-electron chi connectivity index (χ3n) is 2.84. The molecular formula is C11H15NO6S. The van der Waals surface area contributed by atoms with Gasteiger partial charge in [0.1, 0.15) is 5.25 Å². The number of rotatable bonds is 6. The Morgan fingerprint density at radius 2 is 1.84 bits per heavy atom. The molecular weight excluding hydrogens is 274 g/mol. The van der Waals surface area contributed by atoms with Crippen LogP contribution >= 0.6 is 0 Å². The third kappa shape index (κ3) is 3.49. The Morgan fingerprint density at radius 3 is 2.21 bits per heavy atom. The highest BCUT2D eigenvalue weighted by molar-refractivity contribution is 7.92. The van der Waals surface area contributed by atoms with E-state index in [2.05, 4.69) is 0 Å². The van der Waals surface area contributed by atoms with E-state index in [1.165, 1.54) is 31.2 Å². The normalized spacial score (nSPS) is 14.9. The zero-order valence-electron chi connectivity index (χ0n) is 10.3. The van der Waals surface area contributed by atoms with Crippen LogP contribution < -0.4 is 0 Å². The van der Waals surface area contributed by atoms with Gasteiger partial charge in [0.25, 0.3) is 5.69 Å². The first-order valence-electron chi connectivity index (χ1n) is 5.58. The molecule has 0 unspecified atom stereocenters. The second-order valence-corrected chi connectivity index (χ2v) is 6.47. The molecule has 7 nitrogen and oxygen atoms in total. The van der Waals surface area contributed by atoms with Crippen molar-refractivity contribution < 1.29 is 23.6 Å². The number of hydrogen-bond donors (Lipinski definition) is 2. The maximum absolute atomic E-state index is 11.7. The van der Waals surface area contributed by atoms with Gasteiger partial charge in [-0.3, -0.25) is 10.1 Å². The van der Waals surface area contributed by atoms with E-state index in [0.29, 0.717) is 0 Å². The van der Waals surface area contributed by atoms with Crippen LogP contribution in [-0.4, -0.2) is 41.2 Å². The average Bonchev–Trinajstić information content (AvgIpc) is 2.39. The fourth-order valence-electron chi connectivity index (χ4n) is 1.63. The summed E-state index contributed by atoms with van der Waals surface area (Å²) in [7, 11) is -3.62. The van der Waals surface area contributed by atoms with Crippen LogP contribution in [0.3, 0.4) is 0 Å². The van der Waals surface area contributed by atoms with Gasteiger partial charge in [0.05, 0.1) is 17.6 Å². The summed E-state index contributed by atoms with van der Waals surface area (Å²) in [5.41, 5.74) is 0.0523. The number of hydrogen-bond acceptors (Lipinski definition) is 6. The molecule has 0 fully saturated rings. The molecule has 0 saturated carbocycles. The summed E-state index contributed by atoms with van der Waals surface area (Å²) in [6.45, 7) is 0.703. The van der Waals surface area contributed by atoms with Crippen molar-refractivity contribution in [3.05, 3.63) is 39.9 Å². The van der Waals surface area contributed by atoms with Crippen molar-refractivity contribution in [3.8, 4) is 0 Å². The Kier molecular flexibility index (Phi) is 4.98. The highest BCUT2D eigenvalue weighted by atomic mass is 32.2. The highest BCUT2D eigenvalue weighted by Crippen LogP contribution is 2.24. The van der Waals surface area contributed by atoms with E-state index in [-0.39, 0.29) is 17.0 Å². The van der Waals surface area contributed by atoms with Gasteiger partial charge in [0, 0.05) is 17.9 Å². The summed E-state index contributed by atoms with van der Waals surface area (Å²) in [5.74, 6) is -0.206. The topological polar surface area (TPSA) is 118 Å². The van der Waals surface area contributed by atoms with Gasteiger partial charge in [-0.05, 0) is 17.7 Å². The first-order valence-corrected chi connectivity index (χ1v) is 7.30. The van der Waals surface area contributed by atoms with E-state index in [1.807, 2.05) is 0 Å². The summed E-state index contributed by atoms with van der Waals surface area (Å²) in [4.78, 5) is 9.89. The highest BCUT2D eigenvalue weighted by Gasteiger charge is 2.31. The molecule has 0 aromatic heterocycles. The lowest BCUT2D eigenvalue weighted by Crippen LogP contribution is -2.33. The van der Waals surface area contributed by atoms with Crippen molar-refractivity contribution in [3.63, 3.8) is 0 Å². The summed E-state index contributed by atoms with van der Waals surface area (Å²) in [6.07, 6.45) is -1.42. The molecule has 0 bridgehead atoms. The van der Waals surface area contributed by atoms with Crippen LogP contribution in [0.15, 0.2) is 24.3 Å². The van der Waals surface area contributed by atoms with Crippen LogP contribution in [0.1, 0.15) is 18.6 Å². The smallest absolute Gasteiger partial charge is 0.269 e. The quantitative estimate of drug-likeness (QED) is 0.579. The Morgan fingerprint density at radius 1 is 1.32 bits per heavy atom. The summed E-state index contributed by atoms with van der Waals surface area (Å²) in [6, 6.07) is 4.89. The van der Waals surface area contributed by atoms with Gasteiger partial charge < -0.3 is 10.2 Å². The van der Waals surface area contributed by atoms with Gasteiger partial charge in [-0.15, -0.1) is 0 Å². The molecule has 0 heterocycles. The summed E-state index contributed by atoms with van der Waals surface area (Å²) >= 11 is 0. The molecule has 0 amide bonds. The molecule has 0 radical (unpaired) electrons. The van der Waals surface area contributed by atoms with Crippen molar-refractivity contribution in [1.29, 1.82) is 0 Å². The van der Waals surface area contributed by atoms with Gasteiger partial charge in [-0.25, -0.2) is 8.42 Å². The van der Waals surface area contributed by atoms with Gasteiger partial charge in [-0.1, -0.05) is 6.92 Å². The Bertz CT molecular complexity index is 539. The van der Waals surface area contributed by atoms with Crippen LogP contribution in [0.5, 0.6) is 0 Å². The van der Waals surface area contributed by atoms with Crippen LogP contribution in [0, 0.1) is 10.1 Å². The van der Waals surface area contributed by atoms with Crippen molar-refractivity contribution in [1.82, 2.24) is 0 Å². The Hall–Kier alpha value is -1.51. The van der Waals surface area contributed by atoms with Crippen molar-refractivity contribution in [2.24, 2.45) is 0 Å². The van der Waals surface area contributed by atoms with Crippen molar-refractivity contribution >= 4 is 15.5 Å². The standard InChI is InChI=1S/C11H15NO6S/c1-2-19(17,18)10(7-13)11(14)8-3-5-9(6-4-8)12(15)16/h3-6,10-11,13-14H,2,7H2,1H3/t10-,11-/m1/s1. The number of aliphatic hydroxyl groups is 2. The molecule has 0 spiro atoms. The van der Waals surface area contributed by atoms with Gasteiger partial charge >= 0.3 is 0 Å². The van der Waals surface area contributed by atoms with Crippen LogP contribution in [0.4, 0.5) is 5.69 Å². The van der Waals surface area contributed by atoms with Crippen molar-refractivity contribution in [2.45, 2.75) is 18.3 Å². The first-order chi connectivity index (χ1) is 8.83. The molecule has 0 aliphatic rings. The average molecular weight is 289 g/mol. The first kappa shape index (κ1) is 15.5. The minimum Gasteiger partial charge on any atom is -0.395 e. The predicted octanol–water partition coefficient (Wildman–Crippen LogP) is 0.424. The second-order valence-electron chi connectivity index (χ2n) is 3.97. The van der Waals surface area contributed by atoms with E-state index in [4.69, 9.17) is 5.11 Å². The molecule has 106 valence electrons. The number of nitro groups is 1. The van der Waals surface area contributed by atoms with E-state index < -0.39 is 32.7 Å². The molecule has 1 aromatic carbocycles. The number of non-ortho nitro benzene ring substituents is 1. The third-order valence-corrected chi connectivity index (χ3v) is 4.98. The Labute approximate surface area is 110 Å². The number of sulfone groups is 1. The minimum atomic E-state index is -3.62. The maximum Gasteiger partial charge on any atom is 0.269 e. The van der Waals surface area contributed by atoms with Gasteiger partial charge in [0.15, 0.2) is 9.84 Å². The number of benzene rings is 1. The van der Waals surface area contributed by atoms with E-state index in [1.54, 1.807) is 0 Å².